The Morgan fingerprint density at radius 3 is 2.00 bits per heavy atom. The van der Waals surface area contributed by atoms with Gasteiger partial charge in [-0.2, -0.15) is 4.21 Å². The van der Waals surface area contributed by atoms with Gasteiger partial charge < -0.3 is 14.8 Å². The average Bonchev–Trinajstić information content (AvgIpc) is 3.33. The number of hydrogen-bond donors (Lipinski definition) is 1. The van der Waals surface area contributed by atoms with Crippen LogP contribution in [0, 0.1) is 0 Å². The number of benzene rings is 2. The number of hydrogen-bond acceptors (Lipinski definition) is 6. The molecule has 2 aromatic carbocycles. The number of carbonyl (C=O) groups is 1. The van der Waals surface area contributed by atoms with Gasteiger partial charge in [-0.25, -0.2) is 4.79 Å². The zero-order valence-corrected chi connectivity index (χ0v) is 24.1. The van der Waals surface area contributed by atoms with Crippen LogP contribution in [0.4, 0.5) is 4.79 Å². The van der Waals surface area contributed by atoms with Crippen molar-refractivity contribution in [3.8, 4) is 0 Å². The number of nitrogens with one attached hydrogen (secondary N) is 1. The predicted molar refractivity (Wildman–Crippen MR) is 154 cm³/mol. The molecule has 0 spiro atoms. The molecule has 7 nitrogen and oxygen atoms in total. The van der Waals surface area contributed by atoms with Crippen LogP contribution in [-0.4, -0.2) is 35.2 Å². The van der Waals surface area contributed by atoms with E-state index >= 15 is 0 Å². The van der Waals surface area contributed by atoms with Gasteiger partial charge in [-0.15, -0.1) is 0 Å². The van der Waals surface area contributed by atoms with Crippen molar-refractivity contribution in [1.29, 1.82) is 0 Å². The second-order valence-corrected chi connectivity index (χ2v) is 11.0. The molecule has 1 N–H and O–H groups in total. The van der Waals surface area contributed by atoms with Crippen molar-refractivity contribution in [1.82, 2.24) is 5.32 Å². The summed E-state index contributed by atoms with van der Waals surface area (Å²) in [6.07, 6.45) is 11.5. The monoisotopic (exact) mass is 559 g/mol. The maximum Gasteiger partial charge on any atom is 0.407 e. The topological polar surface area (TPSA) is 83.1 Å². The van der Waals surface area contributed by atoms with Gasteiger partial charge in [0.2, 0.25) is 0 Å². The Bertz CT molecular complexity index is 945. The van der Waals surface area contributed by atoms with Crippen molar-refractivity contribution in [3.05, 3.63) is 71.8 Å². The summed E-state index contributed by atoms with van der Waals surface area (Å²) >= 11 is -1.86. The first kappa shape index (κ1) is 31.3. The summed E-state index contributed by atoms with van der Waals surface area (Å²) in [5.74, 6) is 0. The molecule has 1 aliphatic rings. The van der Waals surface area contributed by atoms with Gasteiger partial charge in [-0.1, -0.05) is 132 Å². The van der Waals surface area contributed by atoms with Crippen LogP contribution < -0.4 is 5.32 Å². The highest BCUT2D eigenvalue weighted by atomic mass is 32.2. The Morgan fingerprint density at radius 2 is 1.38 bits per heavy atom. The zero-order valence-electron chi connectivity index (χ0n) is 23.3. The first-order valence-corrected chi connectivity index (χ1v) is 15.5. The highest BCUT2D eigenvalue weighted by molar-refractivity contribution is 7.75. The van der Waals surface area contributed by atoms with Crippen LogP contribution in [0.25, 0.3) is 0 Å². The van der Waals surface area contributed by atoms with Gasteiger partial charge in [0.05, 0.1) is 19.3 Å². The van der Waals surface area contributed by atoms with E-state index in [0.29, 0.717) is 13.0 Å². The lowest BCUT2D eigenvalue weighted by Gasteiger charge is -2.26. The molecule has 1 aliphatic heterocycles. The van der Waals surface area contributed by atoms with Gasteiger partial charge in [0, 0.05) is 0 Å². The molecule has 1 saturated heterocycles. The third kappa shape index (κ3) is 12.6. The fourth-order valence-electron chi connectivity index (χ4n) is 4.72. The molecular formula is C31H45NO6S. The molecule has 0 saturated carbocycles. The van der Waals surface area contributed by atoms with Gasteiger partial charge >= 0.3 is 17.5 Å². The molecule has 1 amide bonds. The van der Waals surface area contributed by atoms with E-state index in [2.05, 4.69) is 12.2 Å². The van der Waals surface area contributed by atoms with E-state index in [1.54, 1.807) is 0 Å². The first-order chi connectivity index (χ1) is 19.2. The van der Waals surface area contributed by atoms with E-state index in [9.17, 15) is 9.00 Å². The molecule has 2 aromatic rings. The fourth-order valence-corrected chi connectivity index (χ4v) is 5.61. The summed E-state index contributed by atoms with van der Waals surface area (Å²) in [5.41, 5.74) is 1.92. The summed E-state index contributed by atoms with van der Waals surface area (Å²) in [5, 5.41) is 2.88. The van der Waals surface area contributed by atoms with E-state index < -0.39 is 29.6 Å². The Morgan fingerprint density at radius 1 is 0.821 bits per heavy atom. The molecule has 0 aromatic heterocycles. The summed E-state index contributed by atoms with van der Waals surface area (Å²) in [4.78, 5) is 12.7. The molecule has 0 bridgehead atoms. The molecule has 3 rings (SSSR count). The quantitative estimate of drug-likeness (QED) is 0.184. The lowest BCUT2D eigenvalue weighted by atomic mass is 9.99. The van der Waals surface area contributed by atoms with Crippen LogP contribution in [0.3, 0.4) is 0 Å². The summed E-state index contributed by atoms with van der Waals surface area (Å²) in [6, 6.07) is 18.7. The fraction of sp³-hybridized carbons (Fsp3) is 0.581. The van der Waals surface area contributed by atoms with Crippen molar-refractivity contribution in [3.63, 3.8) is 0 Å². The second-order valence-electron chi connectivity index (χ2n) is 10.2. The molecule has 1 heterocycles. The van der Waals surface area contributed by atoms with Crippen molar-refractivity contribution >= 4 is 17.5 Å². The van der Waals surface area contributed by atoms with Crippen LogP contribution >= 0.6 is 0 Å². The highest BCUT2D eigenvalue weighted by Crippen LogP contribution is 2.26. The van der Waals surface area contributed by atoms with Crippen LogP contribution in [0.15, 0.2) is 60.7 Å². The molecule has 0 radical (unpaired) electrons. The van der Waals surface area contributed by atoms with Crippen molar-refractivity contribution in [2.45, 2.75) is 109 Å². The Hall–Kier alpha value is -2.26. The minimum Gasteiger partial charge on any atom is -0.445 e. The lowest BCUT2D eigenvalue weighted by Crippen LogP contribution is -2.50. The van der Waals surface area contributed by atoms with E-state index in [4.69, 9.17) is 17.8 Å². The SMILES string of the molecule is CCCCCCCCCCCC[C@H]1OS(=O)O[C@@H]1[C@H](COCc1ccccc1)NC(=O)OCc1ccccc1. The van der Waals surface area contributed by atoms with Crippen molar-refractivity contribution < 1.29 is 26.8 Å². The molecule has 1 fully saturated rings. The van der Waals surface area contributed by atoms with E-state index in [-0.39, 0.29) is 19.3 Å². The molecule has 1 unspecified atom stereocenters. The number of ether oxygens (including phenoxy) is 2. The number of alkyl carbamates (subject to hydrolysis) is 1. The molecule has 39 heavy (non-hydrogen) atoms. The third-order valence-corrected chi connectivity index (χ3v) is 7.71. The summed E-state index contributed by atoms with van der Waals surface area (Å²) < 4.78 is 34.9. The van der Waals surface area contributed by atoms with Gasteiger partial charge in [0.15, 0.2) is 0 Å². The van der Waals surface area contributed by atoms with E-state index in [1.807, 2.05) is 60.7 Å². The lowest BCUT2D eigenvalue weighted by molar-refractivity contribution is 0.0338. The van der Waals surface area contributed by atoms with Gasteiger partial charge in [-0.05, 0) is 17.5 Å². The largest absolute Gasteiger partial charge is 0.445 e. The molecule has 4 atom stereocenters. The molecule has 0 aliphatic carbocycles. The third-order valence-electron chi connectivity index (χ3n) is 6.92. The van der Waals surface area contributed by atoms with Crippen molar-refractivity contribution in [2.24, 2.45) is 0 Å². The first-order valence-electron chi connectivity index (χ1n) is 14.5. The maximum atomic E-state index is 12.7. The maximum absolute atomic E-state index is 12.7. The molecular weight excluding hydrogens is 514 g/mol. The zero-order chi connectivity index (χ0) is 27.5. The van der Waals surface area contributed by atoms with Crippen molar-refractivity contribution in [2.75, 3.05) is 6.61 Å². The number of unbranched alkanes of at least 4 members (excludes halogenated alkanes) is 9. The van der Waals surface area contributed by atoms with Crippen LogP contribution in [0.2, 0.25) is 0 Å². The number of rotatable bonds is 19. The standard InChI is InChI=1S/C31H45NO6S/c1-2-3-4-5-6-7-8-9-10-17-22-29-30(38-39(34)37-29)28(25-35-23-26-18-13-11-14-19-26)32-31(33)36-24-27-20-15-12-16-21-27/h11-16,18-21,28-30H,2-10,17,22-25H2,1H3,(H,32,33)/t28-,29+,30+,39?/m0/s1. The average molecular weight is 560 g/mol. The Kier molecular flexibility index (Phi) is 15.2. The smallest absolute Gasteiger partial charge is 0.407 e. The Labute approximate surface area is 236 Å². The minimum atomic E-state index is -1.86. The predicted octanol–water partition coefficient (Wildman–Crippen LogP) is 7.17. The second kappa shape index (κ2) is 18.9. The normalized spacial score (nSPS) is 19.6. The molecule has 216 valence electrons. The van der Waals surface area contributed by atoms with Crippen LogP contribution in [0.1, 0.15) is 88.7 Å². The van der Waals surface area contributed by atoms with Gasteiger partial charge in [-0.3, -0.25) is 8.37 Å². The minimum absolute atomic E-state index is 0.153. The summed E-state index contributed by atoms with van der Waals surface area (Å²) in [6.45, 7) is 2.96. The Balaban J connectivity index is 1.48. The highest BCUT2D eigenvalue weighted by Gasteiger charge is 2.41. The number of carbonyl (C=O) groups excluding carboxylic acids is 1. The van der Waals surface area contributed by atoms with E-state index in [1.165, 1.54) is 51.4 Å². The number of amides is 1. The van der Waals surface area contributed by atoms with Crippen LogP contribution in [0.5, 0.6) is 0 Å². The van der Waals surface area contributed by atoms with E-state index in [0.717, 1.165) is 24.0 Å². The molecule has 8 heteroatoms. The van der Waals surface area contributed by atoms with Gasteiger partial charge in [0.25, 0.3) is 0 Å². The van der Waals surface area contributed by atoms with Gasteiger partial charge in [0.1, 0.15) is 18.8 Å². The van der Waals surface area contributed by atoms with Crippen LogP contribution in [-0.2, 0) is 42.4 Å². The summed E-state index contributed by atoms with van der Waals surface area (Å²) in [7, 11) is 0.